The van der Waals surface area contributed by atoms with E-state index in [2.05, 4.69) is 23.4 Å². The Labute approximate surface area is 74.3 Å². The van der Waals surface area contributed by atoms with Gasteiger partial charge in [0.1, 0.15) is 0 Å². The number of hydrogen-bond donors (Lipinski definition) is 1. The van der Waals surface area contributed by atoms with Crippen LogP contribution in [0.2, 0.25) is 0 Å². The van der Waals surface area contributed by atoms with Crippen LogP contribution in [0.15, 0.2) is 0 Å². The molecule has 1 saturated heterocycles. The predicted octanol–water partition coefficient (Wildman–Crippen LogP) is 1.28. The molecule has 0 aromatic carbocycles. The molecule has 0 saturated carbocycles. The van der Waals surface area contributed by atoms with Crippen molar-refractivity contribution in [2.24, 2.45) is 0 Å². The highest BCUT2D eigenvalue weighted by Gasteiger charge is 2.11. The standard InChI is InChI=1S/C9H17N3/c1-9(5-6-10)11-12-7-3-2-4-8-12/h9,11H,2-5,7-8H2,1H3. The molecule has 12 heavy (non-hydrogen) atoms. The minimum atomic E-state index is 0.299. The quantitative estimate of drug-likeness (QED) is 0.688. The van der Waals surface area contributed by atoms with E-state index in [0.717, 1.165) is 13.1 Å². The van der Waals surface area contributed by atoms with Crippen LogP contribution >= 0.6 is 0 Å². The molecule has 1 fully saturated rings. The van der Waals surface area contributed by atoms with Crippen LogP contribution in [0, 0.1) is 11.3 Å². The van der Waals surface area contributed by atoms with E-state index in [1.54, 1.807) is 0 Å². The fourth-order valence-electron chi connectivity index (χ4n) is 1.52. The van der Waals surface area contributed by atoms with Crippen molar-refractivity contribution < 1.29 is 0 Å². The second kappa shape index (κ2) is 5.13. The van der Waals surface area contributed by atoms with E-state index in [1.165, 1.54) is 19.3 Å². The largest absolute Gasteiger partial charge is 0.251 e. The molecule has 0 spiro atoms. The molecule has 1 aliphatic heterocycles. The van der Waals surface area contributed by atoms with E-state index in [0.29, 0.717) is 12.5 Å². The van der Waals surface area contributed by atoms with Crippen molar-refractivity contribution in [1.29, 1.82) is 5.26 Å². The molecular weight excluding hydrogens is 150 g/mol. The van der Waals surface area contributed by atoms with E-state index in [1.807, 2.05) is 0 Å². The van der Waals surface area contributed by atoms with Gasteiger partial charge in [-0.3, -0.25) is 5.43 Å². The lowest BCUT2D eigenvalue weighted by atomic mass is 10.1. The van der Waals surface area contributed by atoms with Gasteiger partial charge in [-0.2, -0.15) is 5.26 Å². The highest BCUT2D eigenvalue weighted by atomic mass is 15.5. The summed E-state index contributed by atoms with van der Waals surface area (Å²) in [6.07, 6.45) is 4.51. The fraction of sp³-hybridized carbons (Fsp3) is 0.889. The summed E-state index contributed by atoms with van der Waals surface area (Å²) in [5.74, 6) is 0. The first-order valence-corrected chi connectivity index (χ1v) is 4.71. The van der Waals surface area contributed by atoms with Gasteiger partial charge < -0.3 is 0 Å². The Morgan fingerprint density at radius 2 is 2.08 bits per heavy atom. The van der Waals surface area contributed by atoms with Crippen molar-refractivity contribution in [3.05, 3.63) is 0 Å². The minimum absolute atomic E-state index is 0.299. The van der Waals surface area contributed by atoms with Crippen LogP contribution in [0.4, 0.5) is 0 Å². The molecule has 0 radical (unpaired) electrons. The maximum absolute atomic E-state index is 8.46. The average Bonchev–Trinajstić information content (AvgIpc) is 2.06. The smallest absolute Gasteiger partial charge is 0.0638 e. The highest BCUT2D eigenvalue weighted by molar-refractivity contribution is 4.77. The molecule has 0 aromatic rings. The molecule has 0 bridgehead atoms. The van der Waals surface area contributed by atoms with Crippen molar-refractivity contribution in [3.8, 4) is 6.07 Å². The van der Waals surface area contributed by atoms with E-state index < -0.39 is 0 Å². The van der Waals surface area contributed by atoms with Crippen molar-refractivity contribution >= 4 is 0 Å². The summed E-state index contributed by atoms with van der Waals surface area (Å²) in [5, 5.41) is 10.7. The zero-order chi connectivity index (χ0) is 8.81. The first-order chi connectivity index (χ1) is 5.83. The van der Waals surface area contributed by atoms with Crippen LogP contribution in [-0.4, -0.2) is 24.1 Å². The van der Waals surface area contributed by atoms with Gasteiger partial charge in [0.05, 0.1) is 12.5 Å². The molecule has 1 heterocycles. The van der Waals surface area contributed by atoms with Crippen molar-refractivity contribution in [2.45, 2.75) is 38.6 Å². The summed E-state index contributed by atoms with van der Waals surface area (Å²) in [5.41, 5.74) is 3.33. The van der Waals surface area contributed by atoms with Crippen LogP contribution in [-0.2, 0) is 0 Å². The Balaban J connectivity index is 2.16. The predicted molar refractivity (Wildman–Crippen MR) is 48.3 cm³/mol. The van der Waals surface area contributed by atoms with Crippen LogP contribution in [0.5, 0.6) is 0 Å². The summed E-state index contributed by atoms with van der Waals surface area (Å²) >= 11 is 0. The van der Waals surface area contributed by atoms with Gasteiger partial charge in [0, 0.05) is 19.1 Å². The molecule has 1 unspecified atom stereocenters. The Bertz CT molecular complexity index is 156. The first kappa shape index (κ1) is 9.50. The number of nitriles is 1. The number of rotatable bonds is 3. The van der Waals surface area contributed by atoms with Crippen molar-refractivity contribution in [2.75, 3.05) is 13.1 Å². The zero-order valence-electron chi connectivity index (χ0n) is 7.71. The fourth-order valence-corrected chi connectivity index (χ4v) is 1.52. The summed E-state index contributed by atoms with van der Waals surface area (Å²) < 4.78 is 0. The molecule has 68 valence electrons. The topological polar surface area (TPSA) is 39.1 Å². The third kappa shape index (κ3) is 3.21. The summed E-state index contributed by atoms with van der Waals surface area (Å²) in [7, 11) is 0. The summed E-state index contributed by atoms with van der Waals surface area (Å²) in [6, 6.07) is 2.47. The van der Waals surface area contributed by atoms with Gasteiger partial charge >= 0.3 is 0 Å². The van der Waals surface area contributed by atoms with Gasteiger partial charge in [-0.1, -0.05) is 6.42 Å². The molecular formula is C9H17N3. The molecule has 0 aromatic heterocycles. The van der Waals surface area contributed by atoms with E-state index >= 15 is 0 Å². The second-order valence-corrected chi connectivity index (χ2v) is 3.44. The van der Waals surface area contributed by atoms with Crippen LogP contribution < -0.4 is 5.43 Å². The van der Waals surface area contributed by atoms with Gasteiger partial charge in [-0.15, -0.1) is 0 Å². The molecule has 1 atom stereocenters. The molecule has 0 amide bonds. The zero-order valence-corrected chi connectivity index (χ0v) is 7.71. The average molecular weight is 167 g/mol. The van der Waals surface area contributed by atoms with E-state index in [4.69, 9.17) is 5.26 Å². The number of hydrazine groups is 1. The Hall–Kier alpha value is -0.590. The summed E-state index contributed by atoms with van der Waals surface area (Å²) in [6.45, 7) is 4.32. The van der Waals surface area contributed by atoms with E-state index in [9.17, 15) is 0 Å². The van der Waals surface area contributed by atoms with Gasteiger partial charge in [-0.05, 0) is 19.8 Å². The van der Waals surface area contributed by atoms with Gasteiger partial charge in [-0.25, -0.2) is 5.01 Å². The molecule has 1 aliphatic rings. The maximum Gasteiger partial charge on any atom is 0.0638 e. The monoisotopic (exact) mass is 167 g/mol. The lowest BCUT2D eigenvalue weighted by Gasteiger charge is -2.29. The SMILES string of the molecule is CC(CC#N)NN1CCCCC1. The number of piperidine rings is 1. The maximum atomic E-state index is 8.46. The molecule has 1 rings (SSSR count). The van der Waals surface area contributed by atoms with Crippen LogP contribution in [0.1, 0.15) is 32.6 Å². The van der Waals surface area contributed by atoms with Gasteiger partial charge in [0.25, 0.3) is 0 Å². The van der Waals surface area contributed by atoms with Crippen molar-refractivity contribution in [3.63, 3.8) is 0 Å². The summed E-state index contributed by atoms with van der Waals surface area (Å²) in [4.78, 5) is 0. The van der Waals surface area contributed by atoms with Crippen LogP contribution in [0.3, 0.4) is 0 Å². The lowest BCUT2D eigenvalue weighted by molar-refractivity contribution is 0.134. The highest BCUT2D eigenvalue weighted by Crippen LogP contribution is 2.06. The van der Waals surface area contributed by atoms with Crippen LogP contribution in [0.25, 0.3) is 0 Å². The lowest BCUT2D eigenvalue weighted by Crippen LogP contribution is -2.46. The Morgan fingerprint density at radius 1 is 1.42 bits per heavy atom. The number of hydrogen-bond acceptors (Lipinski definition) is 3. The Kier molecular flexibility index (Phi) is 4.06. The van der Waals surface area contributed by atoms with Gasteiger partial charge in [0.2, 0.25) is 0 Å². The van der Waals surface area contributed by atoms with E-state index in [-0.39, 0.29) is 0 Å². The molecule has 3 heteroatoms. The molecule has 3 nitrogen and oxygen atoms in total. The van der Waals surface area contributed by atoms with Gasteiger partial charge in [0.15, 0.2) is 0 Å². The first-order valence-electron chi connectivity index (χ1n) is 4.71. The minimum Gasteiger partial charge on any atom is -0.251 e. The number of nitrogens with one attached hydrogen (secondary N) is 1. The second-order valence-electron chi connectivity index (χ2n) is 3.44. The molecule has 1 N–H and O–H groups in total. The normalized spacial score (nSPS) is 21.7. The third-order valence-electron chi connectivity index (χ3n) is 2.16. The molecule has 0 aliphatic carbocycles. The van der Waals surface area contributed by atoms with Crippen molar-refractivity contribution in [1.82, 2.24) is 10.4 Å². The third-order valence-corrected chi connectivity index (χ3v) is 2.16. The number of nitrogens with zero attached hydrogens (tertiary/aromatic N) is 2. The Morgan fingerprint density at radius 3 is 2.67 bits per heavy atom.